The van der Waals surface area contributed by atoms with Crippen molar-refractivity contribution in [1.29, 1.82) is 0 Å². The highest BCUT2D eigenvalue weighted by Crippen LogP contribution is 2.27. The van der Waals surface area contributed by atoms with Crippen molar-refractivity contribution in [2.45, 2.75) is 44.7 Å². The van der Waals surface area contributed by atoms with E-state index in [1.54, 1.807) is 55.5 Å². The van der Waals surface area contributed by atoms with Crippen molar-refractivity contribution < 1.29 is 18.0 Å². The van der Waals surface area contributed by atoms with E-state index in [1.807, 2.05) is 19.9 Å². The summed E-state index contributed by atoms with van der Waals surface area (Å²) in [5.74, 6) is -0.895. The number of halogens is 2. The largest absolute Gasteiger partial charge is 0.357 e. The lowest BCUT2D eigenvalue weighted by Gasteiger charge is -2.33. The third-order valence-corrected chi connectivity index (χ3v) is 8.67. The second-order valence-corrected chi connectivity index (χ2v) is 11.6. The molecular formula is C28H31Cl2N3O4S. The summed E-state index contributed by atoms with van der Waals surface area (Å²) in [4.78, 5) is 28.1. The summed E-state index contributed by atoms with van der Waals surface area (Å²) in [7, 11) is -2.62. The van der Waals surface area contributed by atoms with Crippen molar-refractivity contribution >= 4 is 50.7 Å². The maximum Gasteiger partial charge on any atom is 0.264 e. The molecular weight excluding hydrogens is 545 g/mol. The Kier molecular flexibility index (Phi) is 9.82. The van der Waals surface area contributed by atoms with Crippen LogP contribution in [0.15, 0.2) is 71.6 Å². The van der Waals surface area contributed by atoms with Crippen LogP contribution in [0.25, 0.3) is 0 Å². The molecule has 1 atom stereocenters. The first-order valence-electron chi connectivity index (χ1n) is 12.1. The van der Waals surface area contributed by atoms with Gasteiger partial charge in [0.05, 0.1) is 20.6 Å². The van der Waals surface area contributed by atoms with Crippen LogP contribution in [-0.4, -0.2) is 44.8 Å². The number of carbonyl (C=O) groups is 2. The van der Waals surface area contributed by atoms with Gasteiger partial charge >= 0.3 is 0 Å². The molecule has 10 heteroatoms. The van der Waals surface area contributed by atoms with Crippen molar-refractivity contribution in [1.82, 2.24) is 10.2 Å². The number of hydrogen-bond donors (Lipinski definition) is 1. The lowest BCUT2D eigenvalue weighted by atomic mass is 10.1. The van der Waals surface area contributed by atoms with Crippen molar-refractivity contribution in [2.24, 2.45) is 0 Å². The van der Waals surface area contributed by atoms with Gasteiger partial charge in [-0.25, -0.2) is 8.42 Å². The van der Waals surface area contributed by atoms with Crippen LogP contribution in [0.3, 0.4) is 0 Å². The van der Waals surface area contributed by atoms with E-state index in [9.17, 15) is 18.0 Å². The highest BCUT2D eigenvalue weighted by molar-refractivity contribution is 7.92. The predicted octanol–water partition coefficient (Wildman–Crippen LogP) is 5.36. The summed E-state index contributed by atoms with van der Waals surface area (Å²) in [5.41, 5.74) is 2.75. The molecule has 0 aliphatic carbocycles. The Balaban J connectivity index is 2.07. The van der Waals surface area contributed by atoms with Gasteiger partial charge in [0.1, 0.15) is 12.6 Å². The van der Waals surface area contributed by atoms with E-state index >= 15 is 0 Å². The molecule has 0 aliphatic heterocycles. The number of sulfonamides is 1. The van der Waals surface area contributed by atoms with Gasteiger partial charge in [-0.3, -0.25) is 13.9 Å². The molecule has 0 saturated heterocycles. The molecule has 0 saturated carbocycles. The van der Waals surface area contributed by atoms with Crippen LogP contribution in [-0.2, 0) is 26.2 Å². The smallest absolute Gasteiger partial charge is 0.264 e. The van der Waals surface area contributed by atoms with Crippen LogP contribution >= 0.6 is 23.2 Å². The lowest BCUT2D eigenvalue weighted by Crippen LogP contribution is -2.51. The fourth-order valence-electron chi connectivity index (χ4n) is 4.07. The molecule has 1 N–H and O–H groups in total. The first kappa shape index (κ1) is 29.5. The Morgan fingerprint density at radius 3 is 2.18 bits per heavy atom. The first-order chi connectivity index (χ1) is 18.0. The summed E-state index contributed by atoms with van der Waals surface area (Å²) < 4.78 is 28.7. The van der Waals surface area contributed by atoms with Crippen LogP contribution in [0.4, 0.5) is 5.69 Å². The first-order valence-corrected chi connectivity index (χ1v) is 14.3. The quantitative estimate of drug-likeness (QED) is 0.352. The molecule has 3 rings (SSSR count). The third-order valence-electron chi connectivity index (χ3n) is 6.15. The van der Waals surface area contributed by atoms with Crippen molar-refractivity contribution in [3.05, 3.63) is 93.5 Å². The average Bonchev–Trinajstić information content (AvgIpc) is 2.89. The van der Waals surface area contributed by atoms with Gasteiger partial charge in [-0.05, 0) is 67.8 Å². The SMILES string of the molecule is CC[C@@H](C(=O)NC)N(Cc1ccc(Cl)c(Cl)c1)C(=O)CN(c1cccc(C)c1)S(=O)(=O)c1ccc(C)cc1. The van der Waals surface area contributed by atoms with Gasteiger partial charge in [0.15, 0.2) is 0 Å². The summed E-state index contributed by atoms with van der Waals surface area (Å²) in [5, 5.41) is 3.27. The molecule has 0 aromatic heterocycles. The molecule has 3 aromatic carbocycles. The van der Waals surface area contributed by atoms with E-state index in [-0.39, 0.29) is 17.3 Å². The predicted molar refractivity (Wildman–Crippen MR) is 152 cm³/mol. The number of nitrogens with one attached hydrogen (secondary N) is 1. The number of rotatable bonds is 10. The van der Waals surface area contributed by atoms with E-state index in [0.717, 1.165) is 15.4 Å². The minimum absolute atomic E-state index is 0.0356. The summed E-state index contributed by atoms with van der Waals surface area (Å²) in [6.45, 7) is 5.03. The number of aryl methyl sites for hydroxylation is 2. The number of likely N-dealkylation sites (N-methyl/N-ethyl adjacent to an activating group) is 1. The molecule has 0 spiro atoms. The summed E-state index contributed by atoms with van der Waals surface area (Å²) in [6, 6.07) is 17.5. The van der Waals surface area contributed by atoms with Gasteiger partial charge in [-0.2, -0.15) is 0 Å². The molecule has 0 unspecified atom stereocenters. The number of carbonyl (C=O) groups excluding carboxylic acids is 2. The van der Waals surface area contributed by atoms with Gasteiger partial charge in [0.2, 0.25) is 11.8 Å². The Morgan fingerprint density at radius 2 is 1.61 bits per heavy atom. The molecule has 2 amide bonds. The lowest BCUT2D eigenvalue weighted by molar-refractivity contribution is -0.140. The second-order valence-electron chi connectivity index (χ2n) is 8.97. The number of nitrogens with zero attached hydrogens (tertiary/aromatic N) is 2. The molecule has 0 fully saturated rings. The number of anilines is 1. The van der Waals surface area contributed by atoms with Crippen LogP contribution in [0, 0.1) is 13.8 Å². The maximum atomic E-state index is 13.9. The number of amides is 2. The molecule has 0 aliphatic rings. The molecule has 0 radical (unpaired) electrons. The zero-order chi connectivity index (χ0) is 28.0. The van der Waals surface area contributed by atoms with Gasteiger partial charge < -0.3 is 10.2 Å². The van der Waals surface area contributed by atoms with Crippen LogP contribution in [0.1, 0.15) is 30.0 Å². The Morgan fingerprint density at radius 1 is 0.921 bits per heavy atom. The van der Waals surface area contributed by atoms with Gasteiger partial charge in [0, 0.05) is 13.6 Å². The minimum atomic E-state index is -4.11. The Labute approximate surface area is 234 Å². The second kappa shape index (κ2) is 12.7. The molecule has 38 heavy (non-hydrogen) atoms. The van der Waals surface area contributed by atoms with Crippen LogP contribution in [0.2, 0.25) is 10.0 Å². The fraction of sp³-hybridized carbons (Fsp3) is 0.286. The van der Waals surface area contributed by atoms with Crippen molar-refractivity contribution in [3.63, 3.8) is 0 Å². The third kappa shape index (κ3) is 6.87. The molecule has 0 heterocycles. The monoisotopic (exact) mass is 575 g/mol. The molecule has 3 aromatic rings. The normalized spacial score (nSPS) is 12.1. The van der Waals surface area contributed by atoms with E-state index < -0.39 is 28.5 Å². The highest BCUT2D eigenvalue weighted by Gasteiger charge is 2.33. The zero-order valence-corrected chi connectivity index (χ0v) is 24.1. The fourth-order valence-corrected chi connectivity index (χ4v) is 5.80. The zero-order valence-electron chi connectivity index (χ0n) is 21.7. The molecule has 202 valence electrons. The van der Waals surface area contributed by atoms with Crippen LogP contribution < -0.4 is 9.62 Å². The molecule has 7 nitrogen and oxygen atoms in total. The number of hydrogen-bond acceptors (Lipinski definition) is 4. The number of benzene rings is 3. The van der Waals surface area contributed by atoms with Crippen molar-refractivity contribution in [2.75, 3.05) is 17.9 Å². The van der Waals surface area contributed by atoms with Crippen LogP contribution in [0.5, 0.6) is 0 Å². The average molecular weight is 577 g/mol. The van der Waals surface area contributed by atoms with E-state index in [1.165, 1.54) is 24.1 Å². The highest BCUT2D eigenvalue weighted by atomic mass is 35.5. The minimum Gasteiger partial charge on any atom is -0.357 e. The standard InChI is InChI=1S/C28H31Cl2N3O4S/c1-5-26(28(35)31-4)32(17-21-11-14-24(29)25(30)16-21)27(34)18-33(22-8-6-7-20(3)15-22)38(36,37)23-12-9-19(2)10-13-23/h6-16,26H,5,17-18H2,1-4H3,(H,31,35)/t26-/m0/s1. The Hall–Kier alpha value is -3.07. The van der Waals surface area contributed by atoms with E-state index in [2.05, 4.69) is 5.32 Å². The van der Waals surface area contributed by atoms with Gasteiger partial charge in [0.25, 0.3) is 10.0 Å². The van der Waals surface area contributed by atoms with Gasteiger partial charge in [-0.15, -0.1) is 0 Å². The van der Waals surface area contributed by atoms with Gasteiger partial charge in [-0.1, -0.05) is 66.0 Å². The van der Waals surface area contributed by atoms with E-state index in [4.69, 9.17) is 23.2 Å². The van der Waals surface area contributed by atoms with Crippen molar-refractivity contribution in [3.8, 4) is 0 Å². The summed E-state index contributed by atoms with van der Waals surface area (Å²) in [6.07, 6.45) is 0.321. The Bertz CT molecular complexity index is 1410. The molecule has 0 bridgehead atoms. The van der Waals surface area contributed by atoms with E-state index in [0.29, 0.717) is 27.7 Å². The topological polar surface area (TPSA) is 86.8 Å². The maximum absolute atomic E-state index is 13.9. The summed E-state index contributed by atoms with van der Waals surface area (Å²) >= 11 is 12.3.